The largest absolute Gasteiger partial charge is 0.493 e. The normalized spacial score (nSPS) is 19.1. The van der Waals surface area contributed by atoms with Crippen molar-refractivity contribution in [3.05, 3.63) is 39.8 Å². The molecule has 27 heavy (non-hydrogen) atoms. The number of nitrogens with zero attached hydrogens (tertiary/aromatic N) is 1. The number of rotatable bonds is 4. The van der Waals surface area contributed by atoms with Crippen molar-refractivity contribution in [2.45, 2.75) is 39.0 Å². The summed E-state index contributed by atoms with van der Waals surface area (Å²) in [6, 6.07) is 6.20. The maximum atomic E-state index is 12.9. The second-order valence-electron chi connectivity index (χ2n) is 7.16. The molecule has 0 radical (unpaired) electrons. The zero-order valence-electron chi connectivity index (χ0n) is 16.1. The minimum atomic E-state index is -0.351. The molecule has 2 aliphatic rings. The number of anilines is 1. The highest BCUT2D eigenvalue weighted by Gasteiger charge is 2.34. The van der Waals surface area contributed by atoms with Crippen LogP contribution in [0.3, 0.4) is 0 Å². The van der Waals surface area contributed by atoms with E-state index in [0.717, 1.165) is 35.6 Å². The van der Waals surface area contributed by atoms with E-state index in [9.17, 15) is 4.79 Å². The van der Waals surface area contributed by atoms with Crippen molar-refractivity contribution >= 4 is 22.2 Å². The minimum absolute atomic E-state index is 0.0193. The van der Waals surface area contributed by atoms with E-state index >= 15 is 0 Å². The van der Waals surface area contributed by atoms with Crippen LogP contribution in [0.1, 0.15) is 46.4 Å². The van der Waals surface area contributed by atoms with Crippen LogP contribution in [0.25, 0.3) is 0 Å². The lowest BCUT2D eigenvalue weighted by molar-refractivity contribution is 0.0934. The van der Waals surface area contributed by atoms with Crippen LogP contribution < -0.4 is 20.1 Å². The van der Waals surface area contributed by atoms with E-state index in [0.29, 0.717) is 17.5 Å². The predicted molar refractivity (Wildman–Crippen MR) is 107 cm³/mol. The summed E-state index contributed by atoms with van der Waals surface area (Å²) in [6.45, 7) is 6.34. The number of carbonyl (C=O) groups is 1. The monoisotopic (exact) mass is 387 g/mol. The maximum absolute atomic E-state index is 12.9. The molecule has 1 aromatic heterocycles. The number of thiophene rings is 1. The first kappa shape index (κ1) is 18.1. The van der Waals surface area contributed by atoms with Gasteiger partial charge >= 0.3 is 0 Å². The number of hydrogen-bond donors (Lipinski definition) is 2. The van der Waals surface area contributed by atoms with E-state index < -0.39 is 0 Å². The minimum Gasteiger partial charge on any atom is -0.493 e. The molecule has 2 aromatic rings. The van der Waals surface area contributed by atoms with E-state index in [1.807, 2.05) is 18.2 Å². The topological polar surface area (TPSA) is 62.8 Å². The Morgan fingerprint density at radius 1 is 1.22 bits per heavy atom. The molecule has 0 aliphatic carbocycles. The fourth-order valence-corrected chi connectivity index (χ4v) is 5.17. The van der Waals surface area contributed by atoms with Crippen molar-refractivity contribution in [2.24, 2.45) is 0 Å². The first-order valence-corrected chi connectivity index (χ1v) is 10.0. The molecule has 0 fully saturated rings. The molecule has 4 rings (SSSR count). The summed E-state index contributed by atoms with van der Waals surface area (Å²) in [5, 5.41) is 7.54. The Morgan fingerprint density at radius 3 is 2.74 bits per heavy atom. The van der Waals surface area contributed by atoms with Crippen LogP contribution in [0.5, 0.6) is 11.5 Å². The number of fused-ring (bicyclic) bond motifs is 3. The maximum Gasteiger partial charge on any atom is 0.256 e. The highest BCUT2D eigenvalue weighted by molar-refractivity contribution is 7.16. The lowest BCUT2D eigenvalue weighted by atomic mass is 9.99. The fraction of sp³-hybridized carbons (Fsp3) is 0.450. The highest BCUT2D eigenvalue weighted by Crippen LogP contribution is 2.43. The van der Waals surface area contributed by atoms with Crippen molar-refractivity contribution in [3.8, 4) is 11.5 Å². The van der Waals surface area contributed by atoms with Gasteiger partial charge in [0, 0.05) is 29.6 Å². The summed E-state index contributed by atoms with van der Waals surface area (Å²) < 4.78 is 10.9. The molecular weight excluding hydrogens is 362 g/mol. The molecule has 1 atom stereocenters. The molecular formula is C20H25N3O3S. The molecule has 3 heterocycles. The number of para-hydroxylation sites is 1. The Hall–Kier alpha value is -2.25. The summed E-state index contributed by atoms with van der Waals surface area (Å²) in [4.78, 5) is 16.7. The number of carbonyl (C=O) groups excluding carboxylic acids is 1. The van der Waals surface area contributed by atoms with Gasteiger partial charge in [-0.1, -0.05) is 12.1 Å². The first-order valence-electron chi connectivity index (χ1n) is 9.20. The van der Waals surface area contributed by atoms with Gasteiger partial charge in [-0.05, 0) is 31.9 Å². The Morgan fingerprint density at radius 2 is 2.04 bits per heavy atom. The quantitative estimate of drug-likeness (QED) is 0.842. The van der Waals surface area contributed by atoms with Crippen molar-refractivity contribution in [1.29, 1.82) is 0 Å². The van der Waals surface area contributed by atoms with Crippen LogP contribution >= 0.6 is 11.3 Å². The predicted octanol–water partition coefficient (Wildman–Crippen LogP) is 3.39. The van der Waals surface area contributed by atoms with Crippen LogP contribution in [0.2, 0.25) is 0 Å². The SMILES string of the molecule is COc1cccc([C@@H]2NC(=O)c3c(sc4c3CCN(C(C)C)C4)N2)c1OC. The van der Waals surface area contributed by atoms with Crippen LogP contribution in [0.15, 0.2) is 18.2 Å². The van der Waals surface area contributed by atoms with E-state index in [1.165, 1.54) is 10.4 Å². The molecule has 7 heteroatoms. The molecule has 2 N–H and O–H groups in total. The number of methoxy groups -OCH3 is 2. The molecule has 0 saturated carbocycles. The average molecular weight is 388 g/mol. The van der Waals surface area contributed by atoms with Crippen LogP contribution in [-0.4, -0.2) is 37.6 Å². The number of benzene rings is 1. The standard InChI is InChI=1S/C20H25N3O3S/c1-11(2)23-9-8-12-15(10-23)27-20-16(12)19(24)21-18(22-20)13-6-5-7-14(25-3)17(13)26-4/h5-7,11,18,22H,8-10H2,1-4H3,(H,21,24)/t18-/m1/s1. The zero-order chi connectivity index (χ0) is 19.1. The molecule has 144 valence electrons. The number of amides is 1. The fourth-order valence-electron chi connectivity index (χ4n) is 3.87. The summed E-state index contributed by atoms with van der Waals surface area (Å²) >= 11 is 1.70. The Kier molecular flexibility index (Phi) is 4.74. The van der Waals surface area contributed by atoms with Crippen LogP contribution in [-0.2, 0) is 13.0 Å². The molecule has 0 unspecified atom stereocenters. The lowest BCUT2D eigenvalue weighted by Crippen LogP contribution is -2.39. The zero-order valence-corrected chi connectivity index (χ0v) is 16.9. The molecule has 1 aromatic carbocycles. The number of nitrogens with one attached hydrogen (secondary N) is 2. The van der Waals surface area contributed by atoms with E-state index in [4.69, 9.17) is 9.47 Å². The summed E-state index contributed by atoms with van der Waals surface area (Å²) in [5.41, 5.74) is 2.87. The third-order valence-corrected chi connectivity index (χ3v) is 6.49. The third-order valence-electron chi connectivity index (χ3n) is 5.34. The average Bonchev–Trinajstić information content (AvgIpc) is 3.05. The van der Waals surface area contributed by atoms with Gasteiger partial charge < -0.3 is 20.1 Å². The van der Waals surface area contributed by atoms with Gasteiger partial charge in [0.05, 0.1) is 19.8 Å². The smallest absolute Gasteiger partial charge is 0.256 e. The van der Waals surface area contributed by atoms with Crippen molar-refractivity contribution in [1.82, 2.24) is 10.2 Å². The van der Waals surface area contributed by atoms with Crippen molar-refractivity contribution in [3.63, 3.8) is 0 Å². The third kappa shape index (κ3) is 3.04. The summed E-state index contributed by atoms with van der Waals surface area (Å²) in [5.74, 6) is 1.26. The first-order chi connectivity index (χ1) is 13.0. The molecule has 0 spiro atoms. The van der Waals surface area contributed by atoms with Gasteiger partial charge in [-0.25, -0.2) is 0 Å². The Balaban J connectivity index is 1.68. The molecule has 0 saturated heterocycles. The number of ether oxygens (including phenoxy) is 2. The highest BCUT2D eigenvalue weighted by atomic mass is 32.1. The Labute approximate surface area is 163 Å². The van der Waals surface area contributed by atoms with Gasteiger partial charge in [-0.3, -0.25) is 9.69 Å². The molecule has 6 nitrogen and oxygen atoms in total. The van der Waals surface area contributed by atoms with E-state index in [2.05, 4.69) is 29.4 Å². The second-order valence-corrected chi connectivity index (χ2v) is 8.26. The van der Waals surface area contributed by atoms with Gasteiger partial charge in [-0.15, -0.1) is 11.3 Å². The summed E-state index contributed by atoms with van der Waals surface area (Å²) in [7, 11) is 3.22. The summed E-state index contributed by atoms with van der Waals surface area (Å²) in [6.07, 6.45) is 0.568. The van der Waals surface area contributed by atoms with Crippen LogP contribution in [0, 0.1) is 0 Å². The lowest BCUT2D eigenvalue weighted by Gasteiger charge is -2.31. The van der Waals surface area contributed by atoms with Gasteiger partial charge in [0.15, 0.2) is 11.5 Å². The number of hydrogen-bond acceptors (Lipinski definition) is 6. The van der Waals surface area contributed by atoms with Crippen LogP contribution in [0.4, 0.5) is 5.00 Å². The Bertz CT molecular complexity index is 878. The van der Waals surface area contributed by atoms with Gasteiger partial charge in [0.1, 0.15) is 11.2 Å². The molecule has 2 aliphatic heterocycles. The van der Waals surface area contributed by atoms with Gasteiger partial charge in [0.25, 0.3) is 5.91 Å². The van der Waals surface area contributed by atoms with E-state index in [1.54, 1.807) is 25.6 Å². The second kappa shape index (κ2) is 7.05. The van der Waals surface area contributed by atoms with E-state index in [-0.39, 0.29) is 12.1 Å². The van der Waals surface area contributed by atoms with Crippen molar-refractivity contribution < 1.29 is 14.3 Å². The van der Waals surface area contributed by atoms with Gasteiger partial charge in [0.2, 0.25) is 0 Å². The van der Waals surface area contributed by atoms with Crippen molar-refractivity contribution in [2.75, 3.05) is 26.1 Å². The molecule has 1 amide bonds. The van der Waals surface area contributed by atoms with Gasteiger partial charge in [-0.2, -0.15) is 0 Å². The molecule has 0 bridgehead atoms.